The largest absolute Gasteiger partial charge is 0.479 e. The lowest BCUT2D eigenvalue weighted by molar-refractivity contribution is -0.144. The Morgan fingerprint density at radius 2 is 1.97 bits per heavy atom. The van der Waals surface area contributed by atoms with Crippen LogP contribution in [0.2, 0.25) is 0 Å². The number of rotatable bonds is 10. The molecule has 0 aliphatic rings. The molecule has 0 aliphatic heterocycles. The fourth-order valence-electron chi connectivity index (χ4n) is 2.62. The number of allylic oxidation sites excluding steroid dienone is 7. The fourth-order valence-corrected chi connectivity index (χ4v) is 2.70. The van der Waals surface area contributed by atoms with Crippen LogP contribution < -0.4 is 4.74 Å². The second-order valence-corrected chi connectivity index (χ2v) is 7.72. The third-order valence-electron chi connectivity index (χ3n) is 4.16. The predicted molar refractivity (Wildman–Crippen MR) is 145 cm³/mol. The lowest BCUT2D eigenvalue weighted by Gasteiger charge is -2.10. The van der Waals surface area contributed by atoms with Gasteiger partial charge in [0.25, 0.3) is 0 Å². The summed E-state index contributed by atoms with van der Waals surface area (Å²) in [5.74, 6) is 0.158. The second kappa shape index (κ2) is 17.8. The third kappa shape index (κ3) is 11.9. The molecule has 1 atom stereocenters. The molecular weight excluding hydrogens is 464 g/mol. The Hall–Kier alpha value is -3.62. The molecule has 0 unspecified atom stereocenters. The molecule has 1 heterocycles. The lowest BCUT2D eigenvalue weighted by atomic mass is 10.0. The van der Waals surface area contributed by atoms with E-state index < -0.39 is 12.1 Å². The first-order valence-corrected chi connectivity index (χ1v) is 11.5. The van der Waals surface area contributed by atoms with Gasteiger partial charge in [-0.05, 0) is 69.7 Å². The van der Waals surface area contributed by atoms with E-state index >= 15 is 0 Å². The summed E-state index contributed by atoms with van der Waals surface area (Å²) < 4.78 is 16.7. The Bertz CT molecular complexity index is 1080. The van der Waals surface area contributed by atoms with Crippen molar-refractivity contribution in [2.45, 2.75) is 53.6 Å². The van der Waals surface area contributed by atoms with Crippen molar-refractivity contribution in [2.24, 2.45) is 0 Å². The number of halogens is 1. The summed E-state index contributed by atoms with van der Waals surface area (Å²) in [6.45, 7) is 13.2. The first-order chi connectivity index (χ1) is 16.7. The van der Waals surface area contributed by atoms with Crippen LogP contribution in [0.1, 0.15) is 46.6 Å². The second-order valence-electron chi connectivity index (χ2n) is 7.28. The van der Waals surface area contributed by atoms with Crippen molar-refractivity contribution in [3.63, 3.8) is 0 Å². The first-order valence-electron chi connectivity index (χ1n) is 11.1. The third-order valence-corrected chi connectivity index (χ3v) is 4.44. The van der Waals surface area contributed by atoms with Crippen molar-refractivity contribution in [3.8, 4) is 18.6 Å². The van der Waals surface area contributed by atoms with E-state index in [-0.39, 0.29) is 0 Å². The molecule has 6 heteroatoms. The van der Waals surface area contributed by atoms with Crippen molar-refractivity contribution >= 4 is 28.5 Å². The maximum absolute atomic E-state index is 11.0. The Morgan fingerprint density at radius 1 is 1.31 bits per heavy atom. The van der Waals surface area contributed by atoms with Gasteiger partial charge >= 0.3 is 5.97 Å². The minimum absolute atomic E-state index is 0.482. The van der Waals surface area contributed by atoms with Gasteiger partial charge in [-0.2, -0.15) is 0 Å². The average molecular weight is 499 g/mol. The molecule has 0 spiro atoms. The van der Waals surface area contributed by atoms with Crippen molar-refractivity contribution < 1.29 is 23.8 Å². The van der Waals surface area contributed by atoms with Crippen molar-refractivity contribution in [1.29, 1.82) is 0 Å². The van der Waals surface area contributed by atoms with Crippen molar-refractivity contribution in [3.05, 3.63) is 89.6 Å². The molecule has 1 aromatic heterocycles. The van der Waals surface area contributed by atoms with Gasteiger partial charge in [-0.25, -0.2) is 4.79 Å². The Labute approximate surface area is 214 Å². The SMILES string of the molecule is C#C.C=C/C(Cl)=C\C=C\OC(/C=C(/C)Cc1coc2ccc(O[C@@H](C)C(=O)O)cc12)=C/C.CCC. The van der Waals surface area contributed by atoms with E-state index in [0.717, 1.165) is 16.5 Å². The van der Waals surface area contributed by atoms with E-state index in [4.69, 9.17) is 30.6 Å². The molecule has 0 bridgehead atoms. The van der Waals surface area contributed by atoms with E-state index in [9.17, 15) is 4.79 Å². The molecule has 2 aromatic rings. The van der Waals surface area contributed by atoms with Gasteiger partial charge in [-0.15, -0.1) is 12.8 Å². The first kappa shape index (κ1) is 31.4. The molecular formula is C29H35ClO5. The summed E-state index contributed by atoms with van der Waals surface area (Å²) in [5, 5.41) is 10.4. The quantitative estimate of drug-likeness (QED) is 0.203. The molecule has 1 aromatic carbocycles. The molecule has 2 rings (SSSR count). The van der Waals surface area contributed by atoms with Gasteiger partial charge in [0, 0.05) is 16.0 Å². The molecule has 0 saturated carbocycles. The van der Waals surface area contributed by atoms with Gasteiger partial charge in [-0.3, -0.25) is 0 Å². The van der Waals surface area contributed by atoms with Crippen LogP contribution in [0.5, 0.6) is 5.75 Å². The average Bonchev–Trinajstić information content (AvgIpc) is 3.24. The highest BCUT2D eigenvalue weighted by Crippen LogP contribution is 2.28. The molecule has 0 fully saturated rings. The van der Waals surface area contributed by atoms with E-state index in [0.29, 0.717) is 28.5 Å². The number of carbonyl (C=O) groups is 1. The highest BCUT2D eigenvalue weighted by molar-refractivity contribution is 6.31. The number of carboxylic acid groups (broad SMARTS) is 1. The van der Waals surface area contributed by atoms with E-state index in [1.165, 1.54) is 13.3 Å². The van der Waals surface area contributed by atoms with Gasteiger partial charge in [-0.1, -0.05) is 50.1 Å². The summed E-state index contributed by atoms with van der Waals surface area (Å²) in [6.07, 6.45) is 20.9. The van der Waals surface area contributed by atoms with Gasteiger partial charge < -0.3 is 19.0 Å². The van der Waals surface area contributed by atoms with Crippen LogP contribution in [0.4, 0.5) is 0 Å². The zero-order valence-corrected chi connectivity index (χ0v) is 21.8. The van der Waals surface area contributed by atoms with Gasteiger partial charge in [0.2, 0.25) is 0 Å². The molecule has 0 saturated heterocycles. The monoisotopic (exact) mass is 498 g/mol. The van der Waals surface area contributed by atoms with Crippen molar-refractivity contribution in [2.75, 3.05) is 0 Å². The van der Waals surface area contributed by atoms with Gasteiger partial charge in [0.15, 0.2) is 6.10 Å². The van der Waals surface area contributed by atoms with Crippen LogP contribution in [0, 0.1) is 12.8 Å². The fraction of sp³-hybridized carbons (Fsp3) is 0.276. The Kier molecular flexibility index (Phi) is 16.0. The van der Waals surface area contributed by atoms with Crippen LogP contribution in [-0.2, 0) is 16.0 Å². The summed E-state index contributed by atoms with van der Waals surface area (Å²) in [4.78, 5) is 11.0. The molecule has 35 heavy (non-hydrogen) atoms. The summed E-state index contributed by atoms with van der Waals surface area (Å²) in [7, 11) is 0. The molecule has 0 radical (unpaired) electrons. The summed E-state index contributed by atoms with van der Waals surface area (Å²) in [6, 6.07) is 5.27. The van der Waals surface area contributed by atoms with Crippen LogP contribution >= 0.6 is 11.6 Å². The number of furan rings is 1. The number of hydrogen-bond acceptors (Lipinski definition) is 4. The zero-order chi connectivity index (χ0) is 26.8. The minimum Gasteiger partial charge on any atom is -0.479 e. The van der Waals surface area contributed by atoms with Crippen LogP contribution in [-0.4, -0.2) is 17.2 Å². The lowest BCUT2D eigenvalue weighted by Crippen LogP contribution is -2.22. The number of fused-ring (bicyclic) bond motifs is 1. The smallest absolute Gasteiger partial charge is 0.344 e. The Morgan fingerprint density at radius 3 is 2.54 bits per heavy atom. The number of ether oxygens (including phenoxy) is 2. The predicted octanol–water partition coefficient (Wildman–Crippen LogP) is 8.18. The molecule has 0 aliphatic carbocycles. The minimum atomic E-state index is -1.02. The van der Waals surface area contributed by atoms with Gasteiger partial charge in [0.1, 0.15) is 17.1 Å². The summed E-state index contributed by atoms with van der Waals surface area (Å²) in [5.41, 5.74) is 2.74. The number of terminal acetylenes is 1. The number of carboxylic acids is 1. The van der Waals surface area contributed by atoms with Crippen LogP contribution in [0.15, 0.2) is 88.5 Å². The van der Waals surface area contributed by atoms with E-state index in [1.807, 2.05) is 26.0 Å². The molecule has 0 amide bonds. The standard InChI is InChI=1S/C24H25ClO5.C3H8.C2H2/c1-5-19(25)8-7-11-28-20(6-2)13-16(3)12-18-15-29-23-10-9-21(14-22(18)23)30-17(4)24(26)27;1-3-2;1-2/h5-11,13-15,17H,1,12H2,2-4H3,(H,26,27);3H2,1-2H3;1-2H/b11-7+,16-13-,19-8+,20-6+;;/t17-;;/m0../s1. The topological polar surface area (TPSA) is 68.9 Å². The number of aliphatic carboxylic acids is 1. The van der Waals surface area contributed by atoms with Crippen LogP contribution in [0.25, 0.3) is 11.0 Å². The normalized spacial score (nSPS) is 12.7. The van der Waals surface area contributed by atoms with Crippen LogP contribution in [0.3, 0.4) is 0 Å². The zero-order valence-electron chi connectivity index (χ0n) is 21.1. The molecule has 5 nitrogen and oxygen atoms in total. The summed E-state index contributed by atoms with van der Waals surface area (Å²) >= 11 is 5.84. The highest BCUT2D eigenvalue weighted by Gasteiger charge is 2.14. The highest BCUT2D eigenvalue weighted by atomic mass is 35.5. The number of benzene rings is 1. The maximum Gasteiger partial charge on any atom is 0.344 e. The molecule has 1 N–H and O–H groups in total. The van der Waals surface area contributed by atoms with Gasteiger partial charge in [0.05, 0.1) is 12.5 Å². The van der Waals surface area contributed by atoms with E-state index in [2.05, 4.69) is 33.3 Å². The number of hydrogen-bond donors (Lipinski definition) is 1. The van der Waals surface area contributed by atoms with Crippen molar-refractivity contribution in [1.82, 2.24) is 0 Å². The molecule has 188 valence electrons. The maximum atomic E-state index is 11.0. The van der Waals surface area contributed by atoms with E-state index in [1.54, 1.807) is 49.0 Å². The Balaban J connectivity index is 0.00000214.